The highest BCUT2D eigenvalue weighted by molar-refractivity contribution is 6.30. The lowest BCUT2D eigenvalue weighted by molar-refractivity contribution is -0.153. The van der Waals surface area contributed by atoms with Gasteiger partial charge in [0.2, 0.25) is 0 Å². The van der Waals surface area contributed by atoms with E-state index in [1.54, 1.807) is 18.2 Å². The quantitative estimate of drug-likeness (QED) is 0.271. The fourth-order valence-corrected chi connectivity index (χ4v) is 3.51. The fourth-order valence-electron chi connectivity index (χ4n) is 3.34. The van der Waals surface area contributed by atoms with Crippen LogP contribution in [0.1, 0.15) is 24.8 Å². The number of nitrogens with zero attached hydrogens (tertiary/aromatic N) is 3. The van der Waals surface area contributed by atoms with Crippen LogP contribution in [0.3, 0.4) is 0 Å². The van der Waals surface area contributed by atoms with E-state index in [2.05, 4.69) is 10.0 Å². The summed E-state index contributed by atoms with van der Waals surface area (Å²) in [4.78, 5) is 14.3. The molecule has 0 spiro atoms. The summed E-state index contributed by atoms with van der Waals surface area (Å²) in [5.41, 5.74) is 15.2. The van der Waals surface area contributed by atoms with Crippen LogP contribution in [0.2, 0.25) is 5.02 Å². The molecule has 9 heteroatoms. The molecule has 2 atom stereocenters. The van der Waals surface area contributed by atoms with E-state index in [4.69, 9.17) is 22.9 Å². The number of aliphatic carboxylic acids is 1. The first-order valence-electron chi connectivity index (χ1n) is 9.46. The lowest BCUT2D eigenvalue weighted by Gasteiger charge is -2.29. The molecule has 0 fully saturated rings. The summed E-state index contributed by atoms with van der Waals surface area (Å²) in [7, 11) is 0. The van der Waals surface area contributed by atoms with Crippen molar-refractivity contribution in [1.82, 2.24) is 0 Å². The number of aliphatic hydroxyl groups is 1. The highest BCUT2D eigenvalue weighted by Gasteiger charge is 2.38. The highest BCUT2D eigenvalue weighted by atomic mass is 35.5. The number of rotatable bonds is 11. The Morgan fingerprint density at radius 2 is 2.00 bits per heavy atom. The second-order valence-corrected chi connectivity index (χ2v) is 7.71. The summed E-state index contributed by atoms with van der Waals surface area (Å²) >= 11 is 5.95. The molecular weight excluding hydrogens is 411 g/mol. The van der Waals surface area contributed by atoms with Crippen molar-refractivity contribution >= 4 is 17.6 Å². The normalized spacial score (nSPS) is 13.9. The molecule has 0 aromatic heterocycles. The van der Waals surface area contributed by atoms with Crippen molar-refractivity contribution in [1.29, 1.82) is 0 Å². The topological polar surface area (TPSA) is 132 Å². The predicted octanol–water partition coefficient (Wildman–Crippen LogP) is 4.56. The van der Waals surface area contributed by atoms with Crippen LogP contribution < -0.4 is 5.73 Å². The van der Waals surface area contributed by atoms with Gasteiger partial charge in [-0.3, -0.25) is 4.79 Å². The lowest BCUT2D eigenvalue weighted by Crippen LogP contribution is -2.41. The third-order valence-corrected chi connectivity index (χ3v) is 5.40. The van der Waals surface area contributed by atoms with Gasteiger partial charge in [0.25, 0.3) is 0 Å². The maximum atomic E-state index is 14.0. The first-order chi connectivity index (χ1) is 14.3. The zero-order chi connectivity index (χ0) is 22.1. The standard InChI is InChI=1S/C21H24ClFN4O3/c22-16-6-8-19(23)18(11-16)15-4-1-14(2-5-15)3-7-17(24)12-21(13-28,20(29)30)9-10-26-27-25/h1-2,4-6,8,11,17,28H,3,7,9-10,12-13,24H2,(H,29,30)/t17-,21?/m1/s1. The largest absolute Gasteiger partial charge is 0.481 e. The van der Waals surface area contributed by atoms with Crippen LogP contribution in [-0.4, -0.2) is 35.4 Å². The third-order valence-electron chi connectivity index (χ3n) is 5.16. The number of azide groups is 1. The van der Waals surface area contributed by atoms with Gasteiger partial charge in [-0.15, -0.1) is 0 Å². The van der Waals surface area contributed by atoms with Crippen molar-refractivity contribution in [2.75, 3.05) is 13.2 Å². The number of carbonyl (C=O) groups is 1. The van der Waals surface area contributed by atoms with Crippen LogP contribution in [0.5, 0.6) is 0 Å². The maximum absolute atomic E-state index is 14.0. The molecule has 2 aromatic carbocycles. The first-order valence-corrected chi connectivity index (χ1v) is 9.84. The smallest absolute Gasteiger partial charge is 0.312 e. The van der Waals surface area contributed by atoms with Gasteiger partial charge in [-0.2, -0.15) is 0 Å². The highest BCUT2D eigenvalue weighted by Crippen LogP contribution is 2.30. The number of aliphatic hydroxyl groups excluding tert-OH is 1. The molecule has 30 heavy (non-hydrogen) atoms. The number of halogens is 2. The summed E-state index contributed by atoms with van der Waals surface area (Å²) in [5.74, 6) is -1.52. The Hall–Kier alpha value is -2.64. The minimum atomic E-state index is -1.44. The Bertz CT molecular complexity index is 919. The van der Waals surface area contributed by atoms with Gasteiger partial charge in [0.15, 0.2) is 0 Å². The molecule has 0 aliphatic rings. The molecule has 0 saturated carbocycles. The molecule has 0 saturated heterocycles. The second kappa shape index (κ2) is 10.9. The SMILES string of the molecule is [N-]=[N+]=NCCC(CO)(C[C@H](N)CCc1ccc(-c2cc(Cl)ccc2F)cc1)C(=O)O. The lowest BCUT2D eigenvalue weighted by atomic mass is 9.78. The summed E-state index contributed by atoms with van der Waals surface area (Å²) < 4.78 is 14.0. The molecule has 0 aliphatic heterocycles. The molecule has 160 valence electrons. The number of aryl methyl sites for hydroxylation is 1. The van der Waals surface area contributed by atoms with Crippen molar-refractivity contribution in [2.45, 2.75) is 31.7 Å². The Labute approximate surface area is 178 Å². The molecule has 2 rings (SSSR count). The average molecular weight is 435 g/mol. The number of carboxylic acids is 1. The molecule has 4 N–H and O–H groups in total. The zero-order valence-corrected chi connectivity index (χ0v) is 17.1. The Kier molecular flexibility index (Phi) is 8.62. The number of hydrogen-bond acceptors (Lipinski definition) is 4. The molecule has 0 radical (unpaired) electrons. The van der Waals surface area contributed by atoms with Crippen LogP contribution in [0.15, 0.2) is 47.6 Å². The van der Waals surface area contributed by atoms with Gasteiger partial charge in [0.05, 0.1) is 12.0 Å². The molecule has 0 amide bonds. The van der Waals surface area contributed by atoms with Crippen molar-refractivity contribution in [3.8, 4) is 11.1 Å². The second-order valence-electron chi connectivity index (χ2n) is 7.27. The van der Waals surface area contributed by atoms with Crippen molar-refractivity contribution in [2.24, 2.45) is 16.3 Å². The van der Waals surface area contributed by atoms with E-state index in [0.29, 0.717) is 29.0 Å². The van der Waals surface area contributed by atoms with Crippen molar-refractivity contribution in [3.05, 3.63) is 69.3 Å². The summed E-state index contributed by atoms with van der Waals surface area (Å²) in [6.07, 6.45) is 1.17. The monoisotopic (exact) mass is 434 g/mol. The van der Waals surface area contributed by atoms with Gasteiger partial charge < -0.3 is 15.9 Å². The van der Waals surface area contributed by atoms with Gasteiger partial charge in [-0.25, -0.2) is 4.39 Å². The first kappa shape index (κ1) is 23.6. The number of benzene rings is 2. The van der Waals surface area contributed by atoms with Crippen LogP contribution in [0.4, 0.5) is 4.39 Å². The van der Waals surface area contributed by atoms with E-state index in [0.717, 1.165) is 5.56 Å². The maximum Gasteiger partial charge on any atom is 0.312 e. The molecule has 2 aromatic rings. The Morgan fingerprint density at radius 3 is 2.60 bits per heavy atom. The third kappa shape index (κ3) is 6.18. The number of nitrogens with two attached hydrogens (primary N) is 1. The van der Waals surface area contributed by atoms with Crippen molar-refractivity contribution < 1.29 is 19.4 Å². The van der Waals surface area contributed by atoms with E-state index in [1.165, 1.54) is 12.1 Å². The van der Waals surface area contributed by atoms with E-state index < -0.39 is 24.0 Å². The van der Waals surface area contributed by atoms with Crippen LogP contribution in [0.25, 0.3) is 21.6 Å². The fraction of sp³-hybridized carbons (Fsp3) is 0.381. The number of hydrogen-bond donors (Lipinski definition) is 3. The molecule has 7 nitrogen and oxygen atoms in total. The van der Waals surface area contributed by atoms with Crippen LogP contribution in [0, 0.1) is 11.2 Å². The molecular formula is C21H24ClFN4O3. The average Bonchev–Trinajstić information content (AvgIpc) is 2.73. The molecule has 0 aliphatic carbocycles. The number of carboxylic acid groups (broad SMARTS) is 1. The summed E-state index contributed by atoms with van der Waals surface area (Å²) in [5, 5.41) is 23.0. The van der Waals surface area contributed by atoms with E-state index in [-0.39, 0.29) is 25.2 Å². The molecule has 1 unspecified atom stereocenters. The van der Waals surface area contributed by atoms with Gasteiger partial charge in [0.1, 0.15) is 5.82 Å². The van der Waals surface area contributed by atoms with E-state index in [9.17, 15) is 19.4 Å². The summed E-state index contributed by atoms with van der Waals surface area (Å²) in [6.45, 7) is -0.617. The zero-order valence-electron chi connectivity index (χ0n) is 16.3. The van der Waals surface area contributed by atoms with Gasteiger partial charge in [-0.1, -0.05) is 41.0 Å². The minimum absolute atomic E-state index is 0.0104. The minimum Gasteiger partial charge on any atom is -0.481 e. The van der Waals surface area contributed by atoms with E-state index >= 15 is 0 Å². The molecule has 0 heterocycles. The van der Waals surface area contributed by atoms with Crippen molar-refractivity contribution in [3.63, 3.8) is 0 Å². The van der Waals surface area contributed by atoms with E-state index in [1.807, 2.05) is 12.1 Å². The van der Waals surface area contributed by atoms with Crippen LogP contribution in [-0.2, 0) is 11.2 Å². The predicted molar refractivity (Wildman–Crippen MR) is 114 cm³/mol. The van der Waals surface area contributed by atoms with Gasteiger partial charge in [0, 0.05) is 28.1 Å². The van der Waals surface area contributed by atoms with Crippen LogP contribution >= 0.6 is 11.6 Å². The Morgan fingerprint density at radius 1 is 1.30 bits per heavy atom. The van der Waals surface area contributed by atoms with Gasteiger partial charge in [-0.05, 0) is 60.5 Å². The van der Waals surface area contributed by atoms with Gasteiger partial charge >= 0.3 is 5.97 Å². The summed E-state index contributed by atoms with van der Waals surface area (Å²) in [6, 6.07) is 11.2. The molecule has 0 bridgehead atoms. The Balaban J connectivity index is 2.01.